The molecular formula is C15H19BrN4. The molecular weight excluding hydrogens is 316 g/mol. The Bertz CT molecular complexity index is 564. The Morgan fingerprint density at radius 2 is 2.15 bits per heavy atom. The molecule has 106 valence electrons. The summed E-state index contributed by atoms with van der Waals surface area (Å²) in [7, 11) is 0. The first-order chi connectivity index (χ1) is 9.70. The van der Waals surface area contributed by atoms with Gasteiger partial charge in [-0.2, -0.15) is 0 Å². The molecule has 1 aliphatic heterocycles. The van der Waals surface area contributed by atoms with Gasteiger partial charge in [0.2, 0.25) is 0 Å². The Morgan fingerprint density at radius 1 is 1.35 bits per heavy atom. The number of aromatic amines is 1. The Hall–Kier alpha value is -1.17. The molecule has 4 nitrogen and oxygen atoms in total. The molecule has 2 heterocycles. The van der Waals surface area contributed by atoms with Gasteiger partial charge in [0.1, 0.15) is 5.82 Å². The number of rotatable bonds is 3. The summed E-state index contributed by atoms with van der Waals surface area (Å²) in [5.74, 6) is 1.04. The third-order valence-electron chi connectivity index (χ3n) is 3.61. The van der Waals surface area contributed by atoms with Crippen LogP contribution in [-0.2, 0) is 6.54 Å². The zero-order valence-electron chi connectivity index (χ0n) is 11.6. The summed E-state index contributed by atoms with van der Waals surface area (Å²) in [6.45, 7) is 6.33. The number of aromatic nitrogens is 2. The topological polar surface area (TPSA) is 44.0 Å². The van der Waals surface area contributed by atoms with Crippen molar-refractivity contribution in [1.29, 1.82) is 0 Å². The van der Waals surface area contributed by atoms with Crippen LogP contribution < -0.4 is 5.32 Å². The van der Waals surface area contributed by atoms with Crippen LogP contribution in [0, 0.1) is 0 Å². The molecule has 0 spiro atoms. The molecule has 20 heavy (non-hydrogen) atoms. The number of nitrogens with zero attached hydrogens (tertiary/aromatic N) is 2. The van der Waals surface area contributed by atoms with Gasteiger partial charge in [-0.15, -0.1) is 0 Å². The van der Waals surface area contributed by atoms with E-state index in [4.69, 9.17) is 0 Å². The van der Waals surface area contributed by atoms with Gasteiger partial charge in [0.05, 0.1) is 18.4 Å². The second-order valence-electron chi connectivity index (χ2n) is 5.34. The lowest BCUT2D eigenvalue weighted by Crippen LogP contribution is -2.48. The van der Waals surface area contributed by atoms with E-state index in [1.165, 1.54) is 5.56 Å². The van der Waals surface area contributed by atoms with Crippen LogP contribution in [0.2, 0.25) is 0 Å². The highest BCUT2D eigenvalue weighted by Crippen LogP contribution is 2.20. The van der Waals surface area contributed by atoms with Gasteiger partial charge in [0.15, 0.2) is 0 Å². The monoisotopic (exact) mass is 334 g/mol. The van der Waals surface area contributed by atoms with Crippen LogP contribution >= 0.6 is 15.9 Å². The maximum atomic E-state index is 4.50. The van der Waals surface area contributed by atoms with Crippen LogP contribution in [0.1, 0.15) is 12.7 Å². The molecule has 1 saturated heterocycles. The molecule has 0 amide bonds. The largest absolute Gasteiger partial charge is 0.341 e. The van der Waals surface area contributed by atoms with E-state index in [0.717, 1.165) is 42.2 Å². The van der Waals surface area contributed by atoms with E-state index >= 15 is 0 Å². The lowest BCUT2D eigenvalue weighted by molar-refractivity contribution is 0.196. The highest BCUT2D eigenvalue weighted by molar-refractivity contribution is 9.10. The number of hydrogen-bond donors (Lipinski definition) is 2. The fourth-order valence-corrected chi connectivity index (χ4v) is 2.85. The molecule has 1 fully saturated rings. The maximum Gasteiger partial charge on any atom is 0.120 e. The van der Waals surface area contributed by atoms with Crippen molar-refractivity contribution >= 4 is 15.9 Å². The lowest BCUT2D eigenvalue weighted by Gasteiger charge is -2.31. The minimum absolute atomic E-state index is 0.560. The predicted octanol–water partition coefficient (Wildman–Crippen LogP) is 2.63. The first-order valence-electron chi connectivity index (χ1n) is 6.96. The zero-order valence-corrected chi connectivity index (χ0v) is 13.2. The average Bonchev–Trinajstić information content (AvgIpc) is 2.88. The van der Waals surface area contributed by atoms with Crippen molar-refractivity contribution in [2.24, 2.45) is 0 Å². The van der Waals surface area contributed by atoms with Gasteiger partial charge >= 0.3 is 0 Å². The van der Waals surface area contributed by atoms with E-state index in [2.05, 4.69) is 55.2 Å². The molecule has 0 unspecified atom stereocenters. The summed E-state index contributed by atoms with van der Waals surface area (Å²) in [4.78, 5) is 10.4. The molecule has 1 aromatic heterocycles. The minimum atomic E-state index is 0.560. The molecule has 5 heteroatoms. The van der Waals surface area contributed by atoms with E-state index in [1.54, 1.807) is 0 Å². The number of imidazole rings is 1. The lowest BCUT2D eigenvalue weighted by atomic mass is 10.2. The van der Waals surface area contributed by atoms with Gasteiger partial charge in [0.25, 0.3) is 0 Å². The molecule has 1 aliphatic rings. The summed E-state index contributed by atoms with van der Waals surface area (Å²) in [5, 5.41) is 3.46. The summed E-state index contributed by atoms with van der Waals surface area (Å²) < 4.78 is 1.09. The van der Waals surface area contributed by atoms with Crippen molar-refractivity contribution in [2.75, 3.05) is 19.6 Å². The van der Waals surface area contributed by atoms with Crippen molar-refractivity contribution in [1.82, 2.24) is 20.2 Å². The van der Waals surface area contributed by atoms with Crippen LogP contribution in [0.3, 0.4) is 0 Å². The SMILES string of the molecule is C[C@@H]1CN(Cc2ncc(-c3ccc(Br)cc3)[nH]2)CCN1. The third-order valence-corrected chi connectivity index (χ3v) is 4.14. The average molecular weight is 335 g/mol. The Morgan fingerprint density at radius 3 is 2.90 bits per heavy atom. The number of benzene rings is 1. The molecule has 2 aromatic rings. The van der Waals surface area contributed by atoms with E-state index < -0.39 is 0 Å². The molecule has 2 N–H and O–H groups in total. The van der Waals surface area contributed by atoms with E-state index in [-0.39, 0.29) is 0 Å². The van der Waals surface area contributed by atoms with Gasteiger partial charge in [0, 0.05) is 30.1 Å². The summed E-state index contributed by atoms with van der Waals surface area (Å²) in [6.07, 6.45) is 1.92. The standard InChI is InChI=1S/C15H19BrN4/c1-11-9-20(7-6-17-11)10-15-18-8-14(19-15)12-2-4-13(16)5-3-12/h2-5,8,11,17H,6-7,9-10H2,1H3,(H,18,19)/t11-/m1/s1. The van der Waals surface area contributed by atoms with E-state index in [0.29, 0.717) is 6.04 Å². The highest BCUT2D eigenvalue weighted by atomic mass is 79.9. The van der Waals surface area contributed by atoms with Gasteiger partial charge in [-0.3, -0.25) is 4.90 Å². The molecule has 0 radical (unpaired) electrons. The van der Waals surface area contributed by atoms with Crippen LogP contribution in [0.4, 0.5) is 0 Å². The number of piperazine rings is 1. The van der Waals surface area contributed by atoms with Gasteiger partial charge in [-0.05, 0) is 24.6 Å². The van der Waals surface area contributed by atoms with Crippen LogP contribution in [-0.4, -0.2) is 40.5 Å². The van der Waals surface area contributed by atoms with Crippen molar-refractivity contribution in [3.63, 3.8) is 0 Å². The van der Waals surface area contributed by atoms with Crippen LogP contribution in [0.15, 0.2) is 34.9 Å². The van der Waals surface area contributed by atoms with E-state index in [1.807, 2.05) is 18.3 Å². The van der Waals surface area contributed by atoms with Gasteiger partial charge < -0.3 is 10.3 Å². The number of halogens is 1. The highest BCUT2D eigenvalue weighted by Gasteiger charge is 2.16. The Kier molecular flexibility index (Phi) is 4.19. The summed E-state index contributed by atoms with van der Waals surface area (Å²) in [5.41, 5.74) is 2.25. The fraction of sp³-hybridized carbons (Fsp3) is 0.400. The minimum Gasteiger partial charge on any atom is -0.341 e. The smallest absolute Gasteiger partial charge is 0.120 e. The van der Waals surface area contributed by atoms with Crippen molar-refractivity contribution in [3.05, 3.63) is 40.8 Å². The Labute approximate surface area is 127 Å². The normalized spacial score (nSPS) is 20.2. The van der Waals surface area contributed by atoms with E-state index in [9.17, 15) is 0 Å². The molecule has 0 saturated carbocycles. The summed E-state index contributed by atoms with van der Waals surface area (Å²) >= 11 is 3.46. The second-order valence-corrected chi connectivity index (χ2v) is 6.26. The zero-order chi connectivity index (χ0) is 13.9. The maximum absolute atomic E-state index is 4.50. The van der Waals surface area contributed by atoms with Crippen LogP contribution in [0.25, 0.3) is 11.3 Å². The Balaban J connectivity index is 1.69. The molecule has 0 aliphatic carbocycles. The molecule has 0 bridgehead atoms. The number of H-pyrrole nitrogens is 1. The van der Waals surface area contributed by atoms with Gasteiger partial charge in [-0.25, -0.2) is 4.98 Å². The number of hydrogen-bond acceptors (Lipinski definition) is 3. The van der Waals surface area contributed by atoms with Crippen molar-refractivity contribution < 1.29 is 0 Å². The van der Waals surface area contributed by atoms with Crippen molar-refractivity contribution in [2.45, 2.75) is 19.5 Å². The quantitative estimate of drug-likeness (QED) is 0.906. The first kappa shape index (κ1) is 13.8. The van der Waals surface area contributed by atoms with Gasteiger partial charge in [-0.1, -0.05) is 28.1 Å². The molecule has 1 aromatic carbocycles. The number of nitrogens with one attached hydrogen (secondary N) is 2. The second kappa shape index (κ2) is 6.08. The van der Waals surface area contributed by atoms with Crippen LogP contribution in [0.5, 0.6) is 0 Å². The fourth-order valence-electron chi connectivity index (χ4n) is 2.59. The van der Waals surface area contributed by atoms with Crippen molar-refractivity contribution in [3.8, 4) is 11.3 Å². The third kappa shape index (κ3) is 3.29. The first-order valence-corrected chi connectivity index (χ1v) is 7.75. The summed E-state index contributed by atoms with van der Waals surface area (Å²) in [6, 6.07) is 8.84. The molecule has 1 atom stereocenters. The molecule has 3 rings (SSSR count). The predicted molar refractivity (Wildman–Crippen MR) is 84.5 cm³/mol.